The lowest BCUT2D eigenvalue weighted by Gasteiger charge is -2.27. The topological polar surface area (TPSA) is 72.7 Å². The molecule has 3 aromatic rings. The molecule has 0 saturated heterocycles. The van der Waals surface area contributed by atoms with E-state index in [0.29, 0.717) is 6.42 Å². The van der Waals surface area contributed by atoms with Crippen molar-refractivity contribution in [2.45, 2.75) is 106 Å². The molecule has 3 atom stereocenters. The monoisotopic (exact) mass is 559 g/mol. The van der Waals surface area contributed by atoms with Gasteiger partial charge in [-0.1, -0.05) is 96.5 Å². The summed E-state index contributed by atoms with van der Waals surface area (Å²) in [5, 5.41) is 31.0. The van der Waals surface area contributed by atoms with Gasteiger partial charge in [0.1, 0.15) is 0 Å². The van der Waals surface area contributed by atoms with Crippen molar-refractivity contribution in [1.29, 1.82) is 0 Å². The van der Waals surface area contributed by atoms with Gasteiger partial charge in [0.15, 0.2) is 5.88 Å². The van der Waals surface area contributed by atoms with Crippen molar-refractivity contribution in [3.63, 3.8) is 0 Å². The van der Waals surface area contributed by atoms with Gasteiger partial charge in [0, 0.05) is 5.69 Å². The number of hydrogen-bond acceptors (Lipinski definition) is 4. The van der Waals surface area contributed by atoms with Crippen LogP contribution in [0.4, 0.5) is 5.69 Å². The first-order chi connectivity index (χ1) is 19.3. The summed E-state index contributed by atoms with van der Waals surface area (Å²) >= 11 is 0. The molecule has 41 heavy (non-hydrogen) atoms. The first-order valence-corrected chi connectivity index (χ1v) is 15.2. The quantitative estimate of drug-likeness (QED) is 0.176. The summed E-state index contributed by atoms with van der Waals surface area (Å²) in [6, 6.07) is 20.0. The van der Waals surface area contributed by atoms with Crippen LogP contribution in [0.2, 0.25) is 0 Å². The average Bonchev–Trinajstić information content (AvgIpc) is 2.98. The molecule has 3 rings (SSSR count). The van der Waals surface area contributed by atoms with Crippen molar-refractivity contribution in [2.75, 3.05) is 5.32 Å². The highest BCUT2D eigenvalue weighted by Gasteiger charge is 2.22. The van der Waals surface area contributed by atoms with Crippen LogP contribution in [-0.4, -0.2) is 27.5 Å². The molecule has 0 aliphatic rings. The maximum absolute atomic E-state index is 9.52. The molecule has 0 saturated carbocycles. The predicted molar refractivity (Wildman–Crippen MR) is 177 cm³/mol. The SMILES string of the molecule is C=C(O)Nc1cc(C)c(-c2ccc(-c3ccc(C(C)(CC)CC)cc3)cc2)c(C)c1C.CC[C@@H](C)C(O)[C@H](O)CC. The van der Waals surface area contributed by atoms with Crippen LogP contribution < -0.4 is 5.32 Å². The van der Waals surface area contributed by atoms with Gasteiger partial charge < -0.3 is 20.6 Å². The maximum atomic E-state index is 9.52. The lowest BCUT2D eigenvalue weighted by Crippen LogP contribution is -2.31. The van der Waals surface area contributed by atoms with Crippen LogP contribution >= 0.6 is 0 Å². The highest BCUT2D eigenvalue weighted by atomic mass is 16.3. The van der Waals surface area contributed by atoms with Crippen molar-refractivity contribution in [1.82, 2.24) is 0 Å². The summed E-state index contributed by atoms with van der Waals surface area (Å²) in [5.74, 6) is 0.165. The molecule has 0 amide bonds. The molecule has 0 fully saturated rings. The van der Waals surface area contributed by atoms with E-state index in [1.165, 1.54) is 38.9 Å². The number of aliphatic hydroxyl groups is 3. The molecule has 1 unspecified atom stereocenters. The Morgan fingerprint density at radius 2 is 1.29 bits per heavy atom. The number of hydrogen-bond donors (Lipinski definition) is 4. The van der Waals surface area contributed by atoms with E-state index in [9.17, 15) is 15.3 Å². The smallest absolute Gasteiger partial charge is 0.181 e. The van der Waals surface area contributed by atoms with Crippen molar-refractivity contribution < 1.29 is 15.3 Å². The molecular formula is C37H53NO3. The molecule has 3 aromatic carbocycles. The summed E-state index contributed by atoms with van der Waals surface area (Å²) in [4.78, 5) is 0. The molecule has 4 heteroatoms. The van der Waals surface area contributed by atoms with Gasteiger partial charge in [0.05, 0.1) is 12.2 Å². The second kappa shape index (κ2) is 15.2. The third-order valence-electron chi connectivity index (χ3n) is 9.06. The lowest BCUT2D eigenvalue weighted by atomic mass is 9.77. The first-order valence-electron chi connectivity index (χ1n) is 15.2. The van der Waals surface area contributed by atoms with Crippen molar-refractivity contribution in [3.8, 4) is 22.3 Å². The summed E-state index contributed by atoms with van der Waals surface area (Å²) in [6.45, 7) is 22.6. The van der Waals surface area contributed by atoms with Gasteiger partial charge in [-0.05, 0) is 109 Å². The Bertz CT molecular complexity index is 1250. The third-order valence-corrected chi connectivity index (χ3v) is 9.06. The van der Waals surface area contributed by atoms with Gasteiger partial charge >= 0.3 is 0 Å². The van der Waals surface area contributed by atoms with E-state index in [1.807, 2.05) is 20.8 Å². The molecule has 0 bridgehead atoms. The fourth-order valence-electron chi connectivity index (χ4n) is 5.23. The lowest BCUT2D eigenvalue weighted by molar-refractivity contribution is -0.0149. The molecule has 0 heterocycles. The number of anilines is 1. The van der Waals surface area contributed by atoms with Crippen LogP contribution in [-0.2, 0) is 5.41 Å². The fraction of sp³-hybridized carbons (Fsp3) is 0.459. The zero-order valence-corrected chi connectivity index (χ0v) is 26.8. The van der Waals surface area contributed by atoms with E-state index in [2.05, 4.69) is 108 Å². The standard InChI is InChI=1S/C29H35NO.C8H18O2/c1-8-29(7,9-2)26-16-14-24(15-17-26)23-10-12-25(13-11-23)28-19(3)18-27(30-22(6)31)20(4)21(28)5;1-4-6(3)8(10)7(9)5-2/h10-18,30-31H,6,8-9H2,1-5,7H3;6-10H,4-5H2,1-3H3/t;6-,7-,8?/m.1/s1. The number of aryl methyl sites for hydroxylation is 1. The molecule has 4 nitrogen and oxygen atoms in total. The molecule has 0 aliphatic heterocycles. The Balaban J connectivity index is 0.000000503. The van der Waals surface area contributed by atoms with Gasteiger partial charge in [-0.25, -0.2) is 0 Å². The Morgan fingerprint density at radius 1 is 0.805 bits per heavy atom. The number of benzene rings is 3. The zero-order valence-electron chi connectivity index (χ0n) is 26.8. The minimum Gasteiger partial charge on any atom is -0.495 e. The predicted octanol–water partition coefficient (Wildman–Crippen LogP) is 9.63. The van der Waals surface area contributed by atoms with Gasteiger partial charge in [0.2, 0.25) is 0 Å². The second-order valence-electron chi connectivity index (χ2n) is 11.7. The Hall–Kier alpha value is -3.08. The normalized spacial score (nSPS) is 13.5. The Kier molecular flexibility index (Phi) is 12.7. The minimum atomic E-state index is -0.546. The van der Waals surface area contributed by atoms with Gasteiger partial charge in [0.25, 0.3) is 0 Å². The first kappa shape index (κ1) is 34.1. The van der Waals surface area contributed by atoms with Crippen LogP contribution in [0, 0.1) is 26.7 Å². The summed E-state index contributed by atoms with van der Waals surface area (Å²) in [6.07, 6.45) is 2.75. The molecule has 0 aromatic heterocycles. The summed E-state index contributed by atoms with van der Waals surface area (Å²) in [5.41, 5.74) is 11.0. The molecule has 0 spiro atoms. The largest absolute Gasteiger partial charge is 0.495 e. The van der Waals surface area contributed by atoms with E-state index in [-0.39, 0.29) is 17.2 Å². The van der Waals surface area contributed by atoms with E-state index < -0.39 is 12.2 Å². The summed E-state index contributed by atoms with van der Waals surface area (Å²) < 4.78 is 0. The fourth-order valence-corrected chi connectivity index (χ4v) is 5.23. The molecule has 4 N–H and O–H groups in total. The van der Waals surface area contributed by atoms with Crippen molar-refractivity contribution in [3.05, 3.63) is 89.3 Å². The zero-order chi connectivity index (χ0) is 30.9. The van der Waals surface area contributed by atoms with Crippen LogP contribution in [0.3, 0.4) is 0 Å². The number of nitrogens with one attached hydrogen (secondary N) is 1. The van der Waals surface area contributed by atoms with E-state index in [1.54, 1.807) is 0 Å². The highest BCUT2D eigenvalue weighted by Crippen LogP contribution is 2.36. The average molecular weight is 560 g/mol. The number of rotatable bonds is 11. The van der Waals surface area contributed by atoms with Gasteiger partial charge in [-0.3, -0.25) is 0 Å². The highest BCUT2D eigenvalue weighted by molar-refractivity contribution is 5.78. The summed E-state index contributed by atoms with van der Waals surface area (Å²) in [7, 11) is 0. The minimum absolute atomic E-state index is 0.0387. The molecule has 0 radical (unpaired) electrons. The van der Waals surface area contributed by atoms with E-state index in [0.717, 1.165) is 30.5 Å². The van der Waals surface area contributed by atoms with E-state index >= 15 is 0 Å². The van der Waals surface area contributed by atoms with Crippen molar-refractivity contribution in [2.24, 2.45) is 5.92 Å². The van der Waals surface area contributed by atoms with Crippen LogP contribution in [0.1, 0.15) is 89.5 Å². The van der Waals surface area contributed by atoms with Crippen molar-refractivity contribution >= 4 is 5.69 Å². The Labute approximate surface area is 249 Å². The number of aliphatic hydroxyl groups excluding tert-OH is 3. The van der Waals surface area contributed by atoms with Gasteiger partial charge in [-0.2, -0.15) is 0 Å². The van der Waals surface area contributed by atoms with Crippen LogP contribution in [0.5, 0.6) is 0 Å². The molecule has 0 aliphatic carbocycles. The maximum Gasteiger partial charge on any atom is 0.181 e. The van der Waals surface area contributed by atoms with Crippen LogP contribution in [0.15, 0.2) is 67.1 Å². The molecular weight excluding hydrogens is 506 g/mol. The Morgan fingerprint density at radius 3 is 1.73 bits per heavy atom. The second-order valence-corrected chi connectivity index (χ2v) is 11.7. The molecule has 224 valence electrons. The third kappa shape index (κ3) is 8.47. The van der Waals surface area contributed by atoms with Gasteiger partial charge in [-0.15, -0.1) is 0 Å². The van der Waals surface area contributed by atoms with E-state index in [4.69, 9.17) is 0 Å². The van der Waals surface area contributed by atoms with Crippen LogP contribution in [0.25, 0.3) is 22.3 Å².